The zero-order chi connectivity index (χ0) is 16.1. The molecule has 2 aromatic rings. The van der Waals surface area contributed by atoms with Crippen molar-refractivity contribution in [1.29, 1.82) is 0 Å². The van der Waals surface area contributed by atoms with E-state index >= 15 is 0 Å². The van der Waals surface area contributed by atoms with Crippen LogP contribution < -0.4 is 11.1 Å². The van der Waals surface area contributed by atoms with Gasteiger partial charge in [0, 0.05) is 28.8 Å². The Morgan fingerprint density at radius 1 is 1.12 bits per heavy atom. The number of benzene rings is 2. The first-order chi connectivity index (χ1) is 11.3. The van der Waals surface area contributed by atoms with Gasteiger partial charge in [0.1, 0.15) is 0 Å². The molecule has 0 aliphatic heterocycles. The molecular weight excluding hydrogens is 340 g/mol. The molecule has 3 N–H and O–H groups in total. The second kappa shape index (κ2) is 9.11. The lowest BCUT2D eigenvalue weighted by Crippen LogP contribution is -2.41. The van der Waals surface area contributed by atoms with Crippen LogP contribution in [0.5, 0.6) is 0 Å². The van der Waals surface area contributed by atoms with E-state index in [1.165, 1.54) is 23.3 Å². The Morgan fingerprint density at radius 2 is 1.79 bits per heavy atom. The number of thioether (sulfide) groups is 1. The first-order valence-corrected chi connectivity index (χ1v) is 9.02. The van der Waals surface area contributed by atoms with Gasteiger partial charge >= 0.3 is 0 Å². The molecule has 0 aromatic heterocycles. The fourth-order valence-electron chi connectivity index (χ4n) is 2.56. The lowest BCUT2D eigenvalue weighted by molar-refractivity contribution is 0.0933. The Bertz CT molecular complexity index is 644. The largest absolute Gasteiger partial charge is 0.348 e. The van der Waals surface area contributed by atoms with Gasteiger partial charge in [-0.3, -0.25) is 4.79 Å². The fourth-order valence-corrected chi connectivity index (χ4v) is 3.42. The van der Waals surface area contributed by atoms with Crippen molar-refractivity contribution in [2.75, 3.05) is 6.54 Å². The summed E-state index contributed by atoms with van der Waals surface area (Å²) in [5.74, 6) is 1.49. The average Bonchev–Trinajstić information content (AvgIpc) is 3.44. The molecule has 3 nitrogen and oxygen atoms in total. The summed E-state index contributed by atoms with van der Waals surface area (Å²) in [6.07, 6.45) is 2.36. The van der Waals surface area contributed by atoms with Gasteiger partial charge in [0.2, 0.25) is 0 Å². The van der Waals surface area contributed by atoms with Gasteiger partial charge in [0.15, 0.2) is 0 Å². The molecule has 5 heteroatoms. The molecule has 1 atom stereocenters. The highest BCUT2D eigenvalue weighted by atomic mass is 35.5. The zero-order valence-electron chi connectivity index (χ0n) is 13.5. The van der Waals surface area contributed by atoms with E-state index in [9.17, 15) is 4.79 Å². The molecule has 1 unspecified atom stereocenters. The van der Waals surface area contributed by atoms with Crippen LogP contribution >= 0.6 is 24.2 Å². The minimum Gasteiger partial charge on any atom is -0.348 e. The molecule has 0 bridgehead atoms. The normalized spacial score (nSPS) is 14.5. The number of hydrogen-bond donors (Lipinski definition) is 2. The maximum absolute atomic E-state index is 12.3. The van der Waals surface area contributed by atoms with Crippen LogP contribution in [0.4, 0.5) is 0 Å². The minimum absolute atomic E-state index is 0. The molecule has 1 aliphatic rings. The molecule has 1 amide bonds. The average molecular weight is 363 g/mol. The molecule has 24 heavy (non-hydrogen) atoms. The number of hydrogen-bond acceptors (Lipinski definition) is 3. The van der Waals surface area contributed by atoms with E-state index in [1.54, 1.807) is 11.8 Å². The number of nitrogens with one attached hydrogen (secondary N) is 1. The summed E-state index contributed by atoms with van der Waals surface area (Å²) in [6.45, 7) is 0.515. The summed E-state index contributed by atoms with van der Waals surface area (Å²) in [5, 5.41) is 3.05. The molecular formula is C19H23ClN2OS. The molecule has 1 saturated carbocycles. The van der Waals surface area contributed by atoms with Gasteiger partial charge < -0.3 is 11.1 Å². The Labute approximate surface area is 153 Å². The molecule has 2 aromatic carbocycles. The summed E-state index contributed by atoms with van der Waals surface area (Å²) in [6, 6.07) is 18.3. The number of rotatable bonds is 7. The third-order valence-corrected chi connectivity index (χ3v) is 5.21. The first-order valence-electron chi connectivity index (χ1n) is 8.04. The molecule has 3 rings (SSSR count). The Morgan fingerprint density at radius 3 is 2.38 bits per heavy atom. The van der Waals surface area contributed by atoms with Crippen molar-refractivity contribution in [1.82, 2.24) is 5.32 Å². The van der Waals surface area contributed by atoms with Crippen LogP contribution in [0.15, 0.2) is 59.5 Å². The van der Waals surface area contributed by atoms with Crippen LogP contribution in [-0.4, -0.2) is 18.5 Å². The van der Waals surface area contributed by atoms with Crippen molar-refractivity contribution in [2.45, 2.75) is 29.5 Å². The molecule has 0 saturated heterocycles. The van der Waals surface area contributed by atoms with Gasteiger partial charge in [-0.1, -0.05) is 30.3 Å². The standard InChI is InChI=1S/C19H22N2OS.ClH/c20-12-18(15-6-7-15)21-19(22)16-8-10-17(11-9-16)23-13-14-4-2-1-3-5-14;/h1-5,8-11,15,18H,6-7,12-13,20H2,(H,21,22);1H. The fraction of sp³-hybridized carbons (Fsp3) is 0.316. The maximum atomic E-state index is 12.3. The van der Waals surface area contributed by atoms with Crippen LogP contribution in [0.2, 0.25) is 0 Å². The van der Waals surface area contributed by atoms with Crippen molar-refractivity contribution in [3.8, 4) is 0 Å². The van der Waals surface area contributed by atoms with E-state index in [0.29, 0.717) is 18.0 Å². The van der Waals surface area contributed by atoms with E-state index < -0.39 is 0 Å². The number of carbonyl (C=O) groups excluding carboxylic acids is 1. The van der Waals surface area contributed by atoms with Crippen LogP contribution in [0, 0.1) is 5.92 Å². The first kappa shape index (κ1) is 18.8. The molecule has 0 heterocycles. The van der Waals surface area contributed by atoms with Crippen LogP contribution in [-0.2, 0) is 5.75 Å². The second-order valence-electron chi connectivity index (χ2n) is 5.95. The number of carbonyl (C=O) groups is 1. The highest BCUT2D eigenvalue weighted by Crippen LogP contribution is 2.32. The molecule has 0 spiro atoms. The maximum Gasteiger partial charge on any atom is 0.251 e. The van der Waals surface area contributed by atoms with E-state index in [4.69, 9.17) is 5.73 Å². The summed E-state index contributed by atoms with van der Waals surface area (Å²) in [5.41, 5.74) is 7.74. The highest BCUT2D eigenvalue weighted by Gasteiger charge is 2.31. The Hall–Kier alpha value is -1.49. The van der Waals surface area contributed by atoms with Crippen LogP contribution in [0.25, 0.3) is 0 Å². The van der Waals surface area contributed by atoms with E-state index in [-0.39, 0.29) is 24.4 Å². The predicted octanol–water partition coefficient (Wildman–Crippen LogP) is 3.87. The predicted molar refractivity (Wildman–Crippen MR) is 103 cm³/mol. The summed E-state index contributed by atoms with van der Waals surface area (Å²) in [4.78, 5) is 13.4. The monoisotopic (exact) mass is 362 g/mol. The van der Waals surface area contributed by atoms with Gasteiger partial charge in [-0.25, -0.2) is 0 Å². The lowest BCUT2D eigenvalue weighted by atomic mass is 10.1. The van der Waals surface area contributed by atoms with Crippen molar-refractivity contribution in [2.24, 2.45) is 11.7 Å². The van der Waals surface area contributed by atoms with Gasteiger partial charge in [0.25, 0.3) is 5.91 Å². The lowest BCUT2D eigenvalue weighted by Gasteiger charge is -2.16. The minimum atomic E-state index is -0.0213. The molecule has 128 valence electrons. The number of amides is 1. The SMILES string of the molecule is Cl.NCC(NC(=O)c1ccc(SCc2ccccc2)cc1)C1CC1. The molecule has 1 aliphatic carbocycles. The van der Waals surface area contributed by atoms with Crippen LogP contribution in [0.1, 0.15) is 28.8 Å². The van der Waals surface area contributed by atoms with Crippen molar-refractivity contribution in [3.63, 3.8) is 0 Å². The molecule has 1 fully saturated rings. The van der Waals surface area contributed by atoms with Crippen molar-refractivity contribution in [3.05, 3.63) is 65.7 Å². The third-order valence-electron chi connectivity index (χ3n) is 4.13. The second-order valence-corrected chi connectivity index (χ2v) is 7.00. The van der Waals surface area contributed by atoms with E-state index in [1.807, 2.05) is 30.3 Å². The summed E-state index contributed by atoms with van der Waals surface area (Å²) >= 11 is 1.78. The highest BCUT2D eigenvalue weighted by molar-refractivity contribution is 7.98. The van der Waals surface area contributed by atoms with E-state index in [2.05, 4.69) is 29.6 Å². The quantitative estimate of drug-likeness (QED) is 0.735. The summed E-state index contributed by atoms with van der Waals surface area (Å²) in [7, 11) is 0. The topological polar surface area (TPSA) is 55.1 Å². The Balaban J connectivity index is 0.00000208. The number of halogens is 1. The smallest absolute Gasteiger partial charge is 0.251 e. The van der Waals surface area contributed by atoms with Gasteiger partial charge in [-0.2, -0.15) is 0 Å². The van der Waals surface area contributed by atoms with Gasteiger partial charge in [-0.15, -0.1) is 24.2 Å². The van der Waals surface area contributed by atoms with Crippen molar-refractivity contribution < 1.29 is 4.79 Å². The van der Waals surface area contributed by atoms with Gasteiger partial charge in [-0.05, 0) is 48.6 Å². The van der Waals surface area contributed by atoms with Crippen molar-refractivity contribution >= 4 is 30.1 Å². The van der Waals surface area contributed by atoms with Gasteiger partial charge in [0.05, 0.1) is 0 Å². The Kier molecular flexibility index (Phi) is 7.16. The third kappa shape index (κ3) is 5.26. The zero-order valence-corrected chi connectivity index (χ0v) is 15.1. The van der Waals surface area contributed by atoms with E-state index in [0.717, 1.165) is 5.75 Å². The van der Waals surface area contributed by atoms with Crippen LogP contribution in [0.3, 0.4) is 0 Å². The molecule has 0 radical (unpaired) electrons. The summed E-state index contributed by atoms with van der Waals surface area (Å²) < 4.78 is 0. The number of nitrogens with two attached hydrogens (primary N) is 1.